The number of hydrogen-bond acceptors (Lipinski definition) is 4. The van der Waals surface area contributed by atoms with E-state index in [4.69, 9.17) is 9.47 Å². The Labute approximate surface area is 143 Å². The summed E-state index contributed by atoms with van der Waals surface area (Å²) in [7, 11) is -3.74. The summed E-state index contributed by atoms with van der Waals surface area (Å²) < 4.78 is 39.3. The van der Waals surface area contributed by atoms with Crippen molar-refractivity contribution in [1.29, 1.82) is 0 Å². The SMILES string of the molecule is CCOc1ccc(/C=N\S(=O)(=O)c2ccc(C)cc2)c(OCC)c1. The molecule has 6 heteroatoms. The fraction of sp³-hybridized carbons (Fsp3) is 0.278. The van der Waals surface area contributed by atoms with E-state index in [1.165, 1.54) is 6.21 Å². The van der Waals surface area contributed by atoms with Crippen molar-refractivity contribution in [2.45, 2.75) is 25.7 Å². The molecule has 0 saturated heterocycles. The maximum atomic E-state index is 12.3. The van der Waals surface area contributed by atoms with Crippen LogP contribution in [0.25, 0.3) is 0 Å². The smallest absolute Gasteiger partial charge is 0.282 e. The van der Waals surface area contributed by atoms with E-state index in [1.807, 2.05) is 20.8 Å². The van der Waals surface area contributed by atoms with E-state index in [-0.39, 0.29) is 4.90 Å². The van der Waals surface area contributed by atoms with Gasteiger partial charge < -0.3 is 9.47 Å². The Morgan fingerprint density at radius 2 is 1.67 bits per heavy atom. The Morgan fingerprint density at radius 3 is 2.29 bits per heavy atom. The molecule has 0 atom stereocenters. The minimum atomic E-state index is -3.74. The first-order valence-electron chi connectivity index (χ1n) is 7.73. The summed E-state index contributed by atoms with van der Waals surface area (Å²) in [4.78, 5) is 0.160. The molecule has 0 aromatic heterocycles. The van der Waals surface area contributed by atoms with E-state index in [9.17, 15) is 8.42 Å². The monoisotopic (exact) mass is 347 g/mol. The van der Waals surface area contributed by atoms with Gasteiger partial charge in [-0.05, 0) is 45.0 Å². The molecule has 0 N–H and O–H groups in total. The van der Waals surface area contributed by atoms with Crippen molar-refractivity contribution in [2.75, 3.05) is 13.2 Å². The van der Waals surface area contributed by atoms with Gasteiger partial charge in [0, 0.05) is 11.6 Å². The minimum Gasteiger partial charge on any atom is -0.494 e. The zero-order valence-corrected chi connectivity index (χ0v) is 14.8. The average molecular weight is 347 g/mol. The lowest BCUT2D eigenvalue weighted by atomic mass is 10.2. The van der Waals surface area contributed by atoms with Crippen LogP contribution < -0.4 is 9.47 Å². The van der Waals surface area contributed by atoms with Crippen LogP contribution in [0.4, 0.5) is 0 Å². The van der Waals surface area contributed by atoms with Gasteiger partial charge in [0.25, 0.3) is 10.0 Å². The second-order valence-corrected chi connectivity index (χ2v) is 6.72. The molecule has 0 unspecified atom stereocenters. The number of hydrogen-bond donors (Lipinski definition) is 0. The van der Waals surface area contributed by atoms with Gasteiger partial charge in [-0.2, -0.15) is 12.8 Å². The van der Waals surface area contributed by atoms with Gasteiger partial charge in [0.1, 0.15) is 11.5 Å². The molecule has 0 heterocycles. The lowest BCUT2D eigenvalue weighted by molar-refractivity contribution is 0.323. The quantitative estimate of drug-likeness (QED) is 0.718. The fourth-order valence-corrected chi connectivity index (χ4v) is 2.91. The van der Waals surface area contributed by atoms with E-state index in [1.54, 1.807) is 42.5 Å². The van der Waals surface area contributed by atoms with Gasteiger partial charge in [0.05, 0.1) is 24.3 Å². The van der Waals surface area contributed by atoms with Crippen LogP contribution in [0.5, 0.6) is 11.5 Å². The molecule has 0 saturated carbocycles. The van der Waals surface area contributed by atoms with Crippen molar-refractivity contribution in [2.24, 2.45) is 4.40 Å². The number of sulfonamides is 1. The van der Waals surface area contributed by atoms with Crippen molar-refractivity contribution in [3.63, 3.8) is 0 Å². The third-order valence-electron chi connectivity index (χ3n) is 3.25. The number of aryl methyl sites for hydroxylation is 1. The molecule has 0 aliphatic rings. The van der Waals surface area contributed by atoms with Crippen LogP contribution >= 0.6 is 0 Å². The largest absolute Gasteiger partial charge is 0.494 e. The molecule has 0 aliphatic heterocycles. The van der Waals surface area contributed by atoms with Gasteiger partial charge in [-0.25, -0.2) is 0 Å². The number of benzene rings is 2. The van der Waals surface area contributed by atoms with Gasteiger partial charge in [0.15, 0.2) is 0 Å². The van der Waals surface area contributed by atoms with Crippen LogP contribution in [-0.4, -0.2) is 27.8 Å². The maximum Gasteiger partial charge on any atom is 0.282 e. The fourth-order valence-electron chi connectivity index (χ4n) is 2.06. The summed E-state index contributed by atoms with van der Waals surface area (Å²) >= 11 is 0. The predicted molar refractivity (Wildman–Crippen MR) is 94.7 cm³/mol. The van der Waals surface area contributed by atoms with E-state index >= 15 is 0 Å². The summed E-state index contributed by atoms with van der Waals surface area (Å²) in [5.41, 5.74) is 1.57. The van der Waals surface area contributed by atoms with Crippen LogP contribution in [0.2, 0.25) is 0 Å². The highest BCUT2D eigenvalue weighted by atomic mass is 32.2. The van der Waals surface area contributed by atoms with Gasteiger partial charge in [-0.1, -0.05) is 17.7 Å². The van der Waals surface area contributed by atoms with Gasteiger partial charge in [-0.3, -0.25) is 0 Å². The molecule has 2 aromatic rings. The van der Waals surface area contributed by atoms with Crippen molar-refractivity contribution in [3.05, 3.63) is 53.6 Å². The lowest BCUT2D eigenvalue weighted by Gasteiger charge is -2.10. The molecule has 2 aromatic carbocycles. The molecule has 0 bridgehead atoms. The Bertz CT molecular complexity index is 811. The molecule has 0 aliphatic carbocycles. The van der Waals surface area contributed by atoms with Crippen LogP contribution in [-0.2, 0) is 10.0 Å². The van der Waals surface area contributed by atoms with Crippen molar-refractivity contribution >= 4 is 16.2 Å². The van der Waals surface area contributed by atoms with E-state index in [2.05, 4.69) is 4.40 Å². The molecule has 5 nitrogen and oxygen atoms in total. The highest BCUT2D eigenvalue weighted by Gasteiger charge is 2.12. The van der Waals surface area contributed by atoms with Crippen LogP contribution in [0.3, 0.4) is 0 Å². The second kappa shape index (κ2) is 7.97. The van der Waals surface area contributed by atoms with Crippen LogP contribution in [0.1, 0.15) is 25.0 Å². The van der Waals surface area contributed by atoms with Crippen LogP contribution in [0.15, 0.2) is 51.8 Å². The molecule has 2 rings (SSSR count). The van der Waals surface area contributed by atoms with E-state index in [0.717, 1.165) is 5.56 Å². The highest BCUT2D eigenvalue weighted by molar-refractivity contribution is 7.90. The third kappa shape index (κ3) is 4.58. The standard InChI is InChI=1S/C18H21NO4S/c1-4-22-16-9-8-15(18(12-16)23-5-2)13-19-24(20,21)17-10-6-14(3)7-11-17/h6-13H,4-5H2,1-3H3/b19-13-. The van der Waals surface area contributed by atoms with E-state index < -0.39 is 10.0 Å². The summed E-state index contributed by atoms with van der Waals surface area (Å²) in [6.45, 7) is 6.65. The topological polar surface area (TPSA) is 65.0 Å². The zero-order chi connectivity index (χ0) is 17.6. The molecule has 0 radical (unpaired) electrons. The first-order valence-corrected chi connectivity index (χ1v) is 9.17. The Morgan fingerprint density at radius 1 is 1.00 bits per heavy atom. The third-order valence-corrected chi connectivity index (χ3v) is 4.50. The summed E-state index contributed by atoms with van der Waals surface area (Å²) in [6, 6.07) is 11.8. The van der Waals surface area contributed by atoms with Crippen LogP contribution in [0, 0.1) is 6.92 Å². The molecular weight excluding hydrogens is 326 g/mol. The van der Waals surface area contributed by atoms with Crippen molar-refractivity contribution in [1.82, 2.24) is 0 Å². The first-order chi connectivity index (χ1) is 11.5. The minimum absolute atomic E-state index is 0.160. The Balaban J connectivity index is 2.31. The number of ether oxygens (including phenoxy) is 2. The number of rotatable bonds is 7. The predicted octanol–water partition coefficient (Wildman–Crippen LogP) is 3.60. The summed E-state index contributed by atoms with van der Waals surface area (Å²) in [6.07, 6.45) is 1.30. The van der Waals surface area contributed by atoms with Crippen molar-refractivity contribution in [3.8, 4) is 11.5 Å². The van der Waals surface area contributed by atoms with Gasteiger partial charge in [0.2, 0.25) is 0 Å². The summed E-state index contributed by atoms with van der Waals surface area (Å²) in [5.74, 6) is 1.20. The normalized spacial score (nSPS) is 11.6. The lowest BCUT2D eigenvalue weighted by Crippen LogP contribution is -2.01. The second-order valence-electron chi connectivity index (χ2n) is 5.09. The highest BCUT2D eigenvalue weighted by Crippen LogP contribution is 2.24. The van der Waals surface area contributed by atoms with Crippen molar-refractivity contribution < 1.29 is 17.9 Å². The molecule has 0 spiro atoms. The summed E-state index contributed by atoms with van der Waals surface area (Å²) in [5, 5.41) is 0. The molecule has 0 fully saturated rings. The molecule has 128 valence electrons. The van der Waals surface area contributed by atoms with Gasteiger partial charge >= 0.3 is 0 Å². The Hall–Kier alpha value is -2.34. The maximum absolute atomic E-state index is 12.3. The first kappa shape index (κ1) is 18.0. The molecule has 24 heavy (non-hydrogen) atoms. The average Bonchev–Trinajstić information content (AvgIpc) is 2.55. The van der Waals surface area contributed by atoms with Gasteiger partial charge in [-0.15, -0.1) is 0 Å². The molecular formula is C18H21NO4S. The number of nitrogens with zero attached hydrogens (tertiary/aromatic N) is 1. The molecule has 0 amide bonds. The van der Waals surface area contributed by atoms with E-state index in [0.29, 0.717) is 30.3 Å². The zero-order valence-electron chi connectivity index (χ0n) is 14.0. The Kier molecular flexibility index (Phi) is 5.98.